The van der Waals surface area contributed by atoms with Crippen LogP contribution in [0.1, 0.15) is 84.4 Å². The molecule has 1 N–H and O–H groups in total. The quantitative estimate of drug-likeness (QED) is 0.733. The third-order valence-corrected chi connectivity index (χ3v) is 5.08. The van der Waals surface area contributed by atoms with Gasteiger partial charge < -0.3 is 10.0 Å². The van der Waals surface area contributed by atoms with Crippen LogP contribution >= 0.6 is 0 Å². The van der Waals surface area contributed by atoms with Gasteiger partial charge in [0.1, 0.15) is 5.75 Å². The number of benzene rings is 1. The fourth-order valence-electron chi connectivity index (χ4n) is 3.45. The lowest BCUT2D eigenvalue weighted by Gasteiger charge is -2.28. The van der Waals surface area contributed by atoms with E-state index in [1.165, 1.54) is 0 Å². The first-order chi connectivity index (χ1) is 11.9. The van der Waals surface area contributed by atoms with E-state index in [1.807, 2.05) is 23.1 Å². The zero-order valence-corrected chi connectivity index (χ0v) is 17.6. The molecule has 1 aliphatic heterocycles. The smallest absolute Gasteiger partial charge is 0.249 e. The summed E-state index contributed by atoms with van der Waals surface area (Å²) in [6, 6.07) is 4.08. The number of rotatable bonds is 4. The van der Waals surface area contributed by atoms with Gasteiger partial charge in [0.15, 0.2) is 0 Å². The van der Waals surface area contributed by atoms with Crippen molar-refractivity contribution in [2.75, 3.05) is 13.1 Å². The number of hydrogen-bond donors (Lipinski definition) is 1. The first-order valence-electron chi connectivity index (χ1n) is 9.83. The number of hydrogen-bond acceptors (Lipinski definition) is 2. The third-order valence-electron chi connectivity index (χ3n) is 5.08. The van der Waals surface area contributed by atoms with E-state index in [4.69, 9.17) is 0 Å². The standard InChI is InChI=1S/C23H35NO2/c1-8-9-11-24-12-10-17(21(24)26)13-16-14-18(22(2,3)4)20(25)19(15-16)23(5,6)7/h13-15,25H,8-12H2,1-7H3/b17-13-. The minimum absolute atomic E-state index is 0.161. The first-order valence-corrected chi connectivity index (χ1v) is 9.83. The number of phenols is 1. The molecule has 26 heavy (non-hydrogen) atoms. The lowest BCUT2D eigenvalue weighted by molar-refractivity contribution is -0.124. The van der Waals surface area contributed by atoms with Gasteiger partial charge in [-0.25, -0.2) is 0 Å². The molecule has 0 radical (unpaired) electrons. The molecule has 0 bridgehead atoms. The van der Waals surface area contributed by atoms with Gasteiger partial charge in [-0.3, -0.25) is 4.79 Å². The van der Waals surface area contributed by atoms with Crippen LogP contribution in [0.25, 0.3) is 6.08 Å². The molecule has 1 heterocycles. The van der Waals surface area contributed by atoms with Crippen molar-refractivity contribution < 1.29 is 9.90 Å². The molecular weight excluding hydrogens is 322 g/mol. The predicted molar refractivity (Wildman–Crippen MR) is 110 cm³/mol. The largest absolute Gasteiger partial charge is 0.507 e. The second-order valence-electron chi connectivity index (χ2n) is 9.53. The van der Waals surface area contributed by atoms with Gasteiger partial charge >= 0.3 is 0 Å². The summed E-state index contributed by atoms with van der Waals surface area (Å²) in [5.41, 5.74) is 3.44. The van der Waals surface area contributed by atoms with Crippen LogP contribution < -0.4 is 0 Å². The van der Waals surface area contributed by atoms with E-state index < -0.39 is 0 Å². The summed E-state index contributed by atoms with van der Waals surface area (Å²) in [4.78, 5) is 14.6. The van der Waals surface area contributed by atoms with Gasteiger partial charge in [-0.15, -0.1) is 0 Å². The van der Waals surface area contributed by atoms with E-state index in [9.17, 15) is 9.90 Å². The fourth-order valence-corrected chi connectivity index (χ4v) is 3.45. The zero-order chi connectivity index (χ0) is 19.7. The highest BCUT2D eigenvalue weighted by Gasteiger charge is 2.28. The van der Waals surface area contributed by atoms with E-state index in [0.29, 0.717) is 5.75 Å². The summed E-state index contributed by atoms with van der Waals surface area (Å²) in [6.07, 6.45) is 4.99. The fraction of sp³-hybridized carbons (Fsp3) is 0.609. The van der Waals surface area contributed by atoms with E-state index in [2.05, 4.69) is 48.5 Å². The molecule has 1 aromatic rings. The maximum absolute atomic E-state index is 12.7. The predicted octanol–water partition coefficient (Wildman–Crippen LogP) is 5.40. The first kappa shape index (κ1) is 20.5. The van der Waals surface area contributed by atoms with Crippen molar-refractivity contribution in [2.24, 2.45) is 0 Å². The molecular formula is C23H35NO2. The Hall–Kier alpha value is -1.77. The number of carbonyl (C=O) groups is 1. The summed E-state index contributed by atoms with van der Waals surface area (Å²) >= 11 is 0. The normalized spacial score (nSPS) is 17.4. The van der Waals surface area contributed by atoms with Gasteiger partial charge in [-0.2, -0.15) is 0 Å². The van der Waals surface area contributed by atoms with Crippen molar-refractivity contribution in [1.29, 1.82) is 0 Å². The van der Waals surface area contributed by atoms with Gasteiger partial charge in [0.25, 0.3) is 0 Å². The van der Waals surface area contributed by atoms with Crippen molar-refractivity contribution in [3.63, 3.8) is 0 Å². The van der Waals surface area contributed by atoms with Crippen molar-refractivity contribution in [2.45, 2.75) is 78.6 Å². The SMILES string of the molecule is CCCCN1CC/C(=C/c2cc(C(C)(C)C)c(O)c(C(C)(C)C)c2)C1=O. The molecule has 0 atom stereocenters. The highest BCUT2D eigenvalue weighted by atomic mass is 16.3. The van der Waals surface area contributed by atoms with Crippen molar-refractivity contribution in [1.82, 2.24) is 4.90 Å². The Kier molecular flexibility index (Phi) is 5.89. The molecule has 1 fully saturated rings. The molecule has 1 aliphatic rings. The highest BCUT2D eigenvalue weighted by Crippen LogP contribution is 2.40. The number of amides is 1. The average Bonchev–Trinajstić information content (AvgIpc) is 2.85. The molecule has 1 aromatic carbocycles. The Morgan fingerprint density at radius 2 is 1.62 bits per heavy atom. The molecule has 0 aromatic heterocycles. The van der Waals surface area contributed by atoms with Crippen LogP contribution in [0.4, 0.5) is 0 Å². The van der Waals surface area contributed by atoms with Gasteiger partial charge in [0.05, 0.1) is 0 Å². The third kappa shape index (κ3) is 4.49. The monoisotopic (exact) mass is 357 g/mol. The Labute approximate surface area is 159 Å². The highest BCUT2D eigenvalue weighted by molar-refractivity contribution is 6.00. The molecule has 0 unspecified atom stereocenters. The van der Waals surface area contributed by atoms with E-state index in [-0.39, 0.29) is 16.7 Å². The number of carbonyl (C=O) groups excluding carboxylic acids is 1. The molecule has 0 spiro atoms. The molecule has 1 amide bonds. The second-order valence-corrected chi connectivity index (χ2v) is 9.53. The van der Waals surface area contributed by atoms with Crippen molar-refractivity contribution in [3.05, 3.63) is 34.4 Å². The van der Waals surface area contributed by atoms with Crippen LogP contribution in [0.5, 0.6) is 5.75 Å². The van der Waals surface area contributed by atoms with Crippen LogP contribution in [0, 0.1) is 0 Å². The van der Waals surface area contributed by atoms with Gasteiger partial charge in [0.2, 0.25) is 5.91 Å². The van der Waals surface area contributed by atoms with Crippen molar-refractivity contribution in [3.8, 4) is 5.75 Å². The number of aromatic hydroxyl groups is 1. The molecule has 3 heteroatoms. The molecule has 3 nitrogen and oxygen atoms in total. The number of likely N-dealkylation sites (tertiary alicyclic amines) is 1. The summed E-state index contributed by atoms with van der Waals surface area (Å²) in [5.74, 6) is 0.551. The maximum Gasteiger partial charge on any atom is 0.249 e. The lowest BCUT2D eigenvalue weighted by atomic mass is 9.78. The minimum Gasteiger partial charge on any atom is -0.507 e. The molecule has 144 valence electrons. The Bertz CT molecular complexity index is 667. The zero-order valence-electron chi connectivity index (χ0n) is 17.6. The molecule has 1 saturated heterocycles. The van der Waals surface area contributed by atoms with E-state index >= 15 is 0 Å². The Balaban J connectivity index is 2.46. The van der Waals surface area contributed by atoms with Crippen LogP contribution in [-0.4, -0.2) is 29.0 Å². The number of nitrogens with zero attached hydrogens (tertiary/aromatic N) is 1. The summed E-state index contributed by atoms with van der Waals surface area (Å²) in [6.45, 7) is 16.5. The van der Waals surface area contributed by atoms with Crippen molar-refractivity contribution >= 4 is 12.0 Å². The van der Waals surface area contributed by atoms with Gasteiger partial charge in [-0.05, 0) is 47.4 Å². The van der Waals surface area contributed by atoms with Crippen LogP contribution in [0.3, 0.4) is 0 Å². The van der Waals surface area contributed by atoms with Crippen LogP contribution in [0.2, 0.25) is 0 Å². The molecule has 2 rings (SSSR count). The summed E-state index contributed by atoms with van der Waals surface area (Å²) in [7, 11) is 0. The van der Waals surface area contributed by atoms with Crippen LogP contribution in [0.15, 0.2) is 17.7 Å². The van der Waals surface area contributed by atoms with E-state index in [0.717, 1.165) is 54.6 Å². The number of phenolic OH excluding ortho intramolecular Hbond substituents is 1. The Morgan fingerprint density at radius 3 is 2.08 bits per heavy atom. The Morgan fingerprint density at radius 1 is 1.08 bits per heavy atom. The maximum atomic E-state index is 12.7. The lowest BCUT2D eigenvalue weighted by Crippen LogP contribution is -2.26. The molecule has 0 saturated carbocycles. The van der Waals surface area contributed by atoms with Crippen LogP contribution in [-0.2, 0) is 15.6 Å². The van der Waals surface area contributed by atoms with Gasteiger partial charge in [-0.1, -0.05) is 54.9 Å². The average molecular weight is 358 g/mol. The summed E-state index contributed by atoms with van der Waals surface area (Å²) < 4.78 is 0. The topological polar surface area (TPSA) is 40.5 Å². The van der Waals surface area contributed by atoms with E-state index in [1.54, 1.807) is 0 Å². The summed E-state index contributed by atoms with van der Waals surface area (Å²) in [5, 5.41) is 10.8. The van der Waals surface area contributed by atoms with Gasteiger partial charge in [0, 0.05) is 29.8 Å². The molecule has 0 aliphatic carbocycles. The second kappa shape index (κ2) is 7.46. The minimum atomic E-state index is -0.161. The number of unbranched alkanes of at least 4 members (excludes halogenated alkanes) is 1.